The topological polar surface area (TPSA) is 97.0 Å². The van der Waals surface area contributed by atoms with Crippen molar-refractivity contribution < 1.29 is 37.2 Å². The molecule has 23 heavy (non-hydrogen) atoms. The molecule has 0 amide bonds. The number of rotatable bonds is 2. The Labute approximate surface area is 156 Å². The quantitative estimate of drug-likeness (QED) is 0.489. The molecule has 0 saturated heterocycles. The van der Waals surface area contributed by atoms with Gasteiger partial charge in [-0.15, -0.1) is 11.3 Å². The number of fused-ring (bicyclic) bond motifs is 1. The molecule has 0 bridgehead atoms. The average molecular weight is 557 g/mol. The Balaban J connectivity index is 0.000000924. The minimum atomic E-state index is -3.77. The van der Waals surface area contributed by atoms with Gasteiger partial charge in [0.25, 0.3) is 5.56 Å². The molecule has 1 N–H and O–H groups in total. The maximum atomic E-state index is 12.6. The van der Waals surface area contributed by atoms with Gasteiger partial charge in [0.1, 0.15) is 4.21 Å². The third kappa shape index (κ3) is 3.60. The van der Waals surface area contributed by atoms with Gasteiger partial charge in [0.15, 0.2) is 5.03 Å². The van der Waals surface area contributed by atoms with Crippen molar-refractivity contribution in [2.75, 3.05) is 0 Å². The first-order valence-electron chi connectivity index (χ1n) is 6.18. The average Bonchev–Trinajstić information content (AvgIpc) is 2.87. The summed E-state index contributed by atoms with van der Waals surface area (Å²) in [6.45, 7) is 1.73. The van der Waals surface area contributed by atoms with E-state index < -0.39 is 15.4 Å². The Morgan fingerprint density at radius 1 is 1.22 bits per heavy atom. The van der Waals surface area contributed by atoms with Crippen molar-refractivity contribution in [3.63, 3.8) is 0 Å². The van der Waals surface area contributed by atoms with Crippen molar-refractivity contribution in [3.05, 3.63) is 51.3 Å². The molecular weight excluding hydrogens is 548 g/mol. The molecule has 3 rings (SSSR count). The van der Waals surface area contributed by atoms with Crippen LogP contribution < -0.4 is 5.56 Å². The number of H-pyrrole nitrogens is 1. The van der Waals surface area contributed by atoms with Crippen LogP contribution in [0.15, 0.2) is 44.4 Å². The van der Waals surface area contributed by atoms with Crippen molar-refractivity contribution in [2.24, 2.45) is 0 Å². The zero-order valence-corrected chi connectivity index (χ0v) is 19.8. The first kappa shape index (κ1) is 18.4. The van der Waals surface area contributed by atoms with Gasteiger partial charge in [-0.1, -0.05) is 11.6 Å². The van der Waals surface area contributed by atoms with Crippen LogP contribution in [0.25, 0.3) is 10.1 Å². The molecule has 0 saturated carbocycles. The molecule has 1 aromatic carbocycles. The van der Waals surface area contributed by atoms with Crippen LogP contribution in [0.5, 0.6) is 0 Å². The van der Waals surface area contributed by atoms with E-state index in [4.69, 9.17) is 14.2 Å². The summed E-state index contributed by atoms with van der Waals surface area (Å²) >= 11 is 6.89. The number of thiophene rings is 1. The molecule has 0 unspecified atom stereocenters. The van der Waals surface area contributed by atoms with Crippen molar-refractivity contribution in [2.45, 2.75) is 16.2 Å². The van der Waals surface area contributed by atoms with Gasteiger partial charge in [-0.25, -0.2) is 13.5 Å². The van der Waals surface area contributed by atoms with Crippen molar-refractivity contribution in [3.8, 4) is 0 Å². The Morgan fingerprint density at radius 2 is 1.91 bits per heavy atom. The van der Waals surface area contributed by atoms with E-state index in [1.54, 1.807) is 25.1 Å². The van der Waals surface area contributed by atoms with Crippen LogP contribution in [0.2, 0.25) is 5.02 Å². The molecule has 0 fully saturated rings. The zero-order valence-electron chi connectivity index (χ0n) is 11.9. The molecule has 116 valence electrons. The van der Waals surface area contributed by atoms with Crippen molar-refractivity contribution in [1.82, 2.24) is 10.2 Å². The van der Waals surface area contributed by atoms with Crippen LogP contribution >= 0.6 is 22.9 Å². The summed E-state index contributed by atoms with van der Waals surface area (Å²) in [4.78, 5) is 11.0. The number of nitrogens with zero attached hydrogens (tertiary/aromatic N) is 1. The number of aromatic amines is 1. The third-order valence-electron chi connectivity index (χ3n) is 3.03. The Bertz CT molecular complexity index is 1010. The summed E-state index contributed by atoms with van der Waals surface area (Å²) in [6, 6.07) is 7.58. The Hall–Kier alpha value is -0.965. The van der Waals surface area contributed by atoms with Crippen LogP contribution in [-0.2, 0) is 38.6 Å². The fraction of sp³-hybridized carbons (Fsp3) is 0.0769. The molecular formula is C13H9ClHgN2O4S2. The normalized spacial score (nSPS) is 11.1. The molecule has 3 aromatic rings. The number of hydrogen-bond acceptors (Lipinski definition) is 6. The van der Waals surface area contributed by atoms with Crippen LogP contribution in [0, 0.1) is 6.92 Å². The van der Waals surface area contributed by atoms with E-state index in [-0.39, 0.29) is 35.4 Å². The molecule has 0 spiro atoms. The molecule has 0 aliphatic carbocycles. The van der Waals surface area contributed by atoms with Crippen molar-refractivity contribution >= 4 is 42.9 Å². The van der Waals surface area contributed by atoms with Gasteiger partial charge in [-0.05, 0) is 42.1 Å². The second kappa shape index (κ2) is 7.29. The van der Waals surface area contributed by atoms with Gasteiger partial charge in [-0.3, -0.25) is 4.79 Å². The maximum absolute atomic E-state index is 12.6. The Morgan fingerprint density at radius 3 is 2.52 bits per heavy atom. The van der Waals surface area contributed by atoms with Gasteiger partial charge in [0.05, 0.1) is 0 Å². The molecule has 2 heterocycles. The molecule has 2 aromatic heterocycles. The fourth-order valence-electron chi connectivity index (χ4n) is 2.00. The summed E-state index contributed by atoms with van der Waals surface area (Å²) < 4.78 is 34.7. The van der Waals surface area contributed by atoms with Gasteiger partial charge in [-0.2, -0.15) is 5.10 Å². The Kier molecular flexibility index (Phi) is 5.82. The van der Waals surface area contributed by atoms with E-state index in [0.717, 1.165) is 27.5 Å². The van der Waals surface area contributed by atoms with Gasteiger partial charge in [0.2, 0.25) is 9.84 Å². The van der Waals surface area contributed by atoms with Crippen LogP contribution in [0.3, 0.4) is 0 Å². The molecule has 0 atom stereocenters. The van der Waals surface area contributed by atoms with E-state index in [0.29, 0.717) is 10.6 Å². The monoisotopic (exact) mass is 558 g/mol. The number of aromatic nitrogens is 2. The van der Waals surface area contributed by atoms with Gasteiger partial charge >= 0.3 is 28.8 Å². The summed E-state index contributed by atoms with van der Waals surface area (Å²) in [5.41, 5.74) is 0.180. The fourth-order valence-corrected chi connectivity index (χ4v) is 5.18. The number of halogens is 1. The van der Waals surface area contributed by atoms with E-state index in [2.05, 4.69) is 10.2 Å². The molecule has 0 radical (unpaired) electrons. The predicted molar refractivity (Wildman–Crippen MR) is 82.6 cm³/mol. The summed E-state index contributed by atoms with van der Waals surface area (Å²) in [7, 11) is -3.77. The van der Waals surface area contributed by atoms with E-state index in [9.17, 15) is 13.2 Å². The molecule has 10 heteroatoms. The van der Waals surface area contributed by atoms with Gasteiger partial charge in [0, 0.05) is 15.8 Å². The van der Waals surface area contributed by atoms with Gasteiger partial charge < -0.3 is 0 Å². The summed E-state index contributed by atoms with van der Waals surface area (Å²) in [5.74, 6) is 0. The first-order chi connectivity index (χ1) is 10.9. The number of benzene rings is 1. The third-order valence-corrected chi connectivity index (χ3v) is 6.81. The standard InChI is InChI=1S/C13H9ClN2O3S2.Hg.O/c1-7-9-6-8(14)2-3-10(9)20-13(7)21(18,19)12-5-4-11(17)15-16-12;;/h2-6H,1H3,(H,15,17);;. The second-order valence-corrected chi connectivity index (χ2v) is 8.00. The second-order valence-electron chi connectivity index (χ2n) is 4.42. The van der Waals surface area contributed by atoms with E-state index in [1.165, 1.54) is 6.07 Å². The number of aryl methyl sites for hydroxylation is 1. The minimum absolute atomic E-state index is 0.178. The summed E-state index contributed by atoms with van der Waals surface area (Å²) in [6.07, 6.45) is 0. The molecule has 0 aliphatic heterocycles. The summed E-state index contributed by atoms with van der Waals surface area (Å²) in [5, 5.41) is 6.92. The SMILES string of the molecule is Cc1c(S(=O)(=O)c2ccc(=O)[nH]n2)sc2ccc(Cl)cc12.[O]=[Hg]. The van der Waals surface area contributed by atoms with Crippen LogP contribution in [-0.4, -0.2) is 18.6 Å². The van der Waals surface area contributed by atoms with Crippen LogP contribution in [0.4, 0.5) is 0 Å². The van der Waals surface area contributed by atoms with Crippen LogP contribution in [0.1, 0.15) is 5.56 Å². The first-order valence-corrected chi connectivity index (χ1v) is 11.1. The van der Waals surface area contributed by atoms with E-state index in [1.807, 2.05) is 0 Å². The van der Waals surface area contributed by atoms with E-state index >= 15 is 0 Å². The number of sulfone groups is 1. The number of hydrogen-bond donors (Lipinski definition) is 1. The number of nitrogens with one attached hydrogen (secondary N) is 1. The predicted octanol–water partition coefficient (Wildman–Crippen LogP) is 2.66. The zero-order chi connectivity index (χ0) is 17.2. The molecule has 6 nitrogen and oxygen atoms in total. The van der Waals surface area contributed by atoms with Crippen molar-refractivity contribution in [1.29, 1.82) is 0 Å². The molecule has 0 aliphatic rings.